The molecule has 0 N–H and O–H groups in total. The number of benzene rings is 1. The Morgan fingerprint density at radius 2 is 1.94 bits per heavy atom. The predicted octanol–water partition coefficient (Wildman–Crippen LogP) is 4.27. The molecule has 1 aromatic carbocycles. The van der Waals surface area contributed by atoms with Gasteiger partial charge in [-0.3, -0.25) is 0 Å². The van der Waals surface area contributed by atoms with Gasteiger partial charge >= 0.3 is 0 Å². The van der Waals surface area contributed by atoms with Crippen LogP contribution >= 0.6 is 0 Å². The van der Waals surface area contributed by atoms with Gasteiger partial charge in [0.1, 0.15) is 0 Å². The van der Waals surface area contributed by atoms with Crippen LogP contribution in [0.15, 0.2) is 48.6 Å². The third-order valence-corrected chi connectivity index (χ3v) is 3.88. The van der Waals surface area contributed by atoms with E-state index < -0.39 is 0 Å². The van der Waals surface area contributed by atoms with Gasteiger partial charge in [-0.15, -0.1) is 0 Å². The van der Waals surface area contributed by atoms with Crippen molar-refractivity contribution in [1.82, 2.24) is 0 Å². The normalized spacial score (nSPS) is 28.3. The molecule has 0 saturated carbocycles. The van der Waals surface area contributed by atoms with Crippen molar-refractivity contribution in [1.29, 1.82) is 0 Å². The quantitative estimate of drug-likeness (QED) is 0.687. The van der Waals surface area contributed by atoms with E-state index in [1.54, 1.807) is 0 Å². The van der Waals surface area contributed by atoms with Crippen LogP contribution in [0.5, 0.6) is 0 Å². The molecule has 2 atom stereocenters. The second kappa shape index (κ2) is 4.29. The maximum absolute atomic E-state index is 2.34. The first-order valence-corrected chi connectivity index (χ1v) is 6.13. The molecule has 0 fully saturated rings. The summed E-state index contributed by atoms with van der Waals surface area (Å²) in [4.78, 5) is 0. The molecular weight excluding hydrogens is 192 g/mol. The molecule has 0 aromatic heterocycles. The van der Waals surface area contributed by atoms with Crippen molar-refractivity contribution in [3.8, 4) is 0 Å². The van der Waals surface area contributed by atoms with E-state index in [-0.39, 0.29) is 5.41 Å². The number of hydrogen-bond acceptors (Lipinski definition) is 0. The molecule has 0 saturated heterocycles. The Balaban J connectivity index is 2.50. The van der Waals surface area contributed by atoms with Gasteiger partial charge in [0.25, 0.3) is 0 Å². The molecule has 0 bridgehead atoms. The first-order valence-electron chi connectivity index (χ1n) is 6.13. The summed E-state index contributed by atoms with van der Waals surface area (Å²) in [6.07, 6.45) is 10.1. The zero-order valence-electron chi connectivity index (χ0n) is 10.4. The second-order valence-electron chi connectivity index (χ2n) is 4.83. The summed E-state index contributed by atoms with van der Waals surface area (Å²) in [5, 5.41) is 0. The van der Waals surface area contributed by atoms with Crippen molar-refractivity contribution in [2.75, 3.05) is 0 Å². The summed E-state index contributed by atoms with van der Waals surface area (Å²) in [6.45, 7) is 6.87. The summed E-state index contributed by atoms with van der Waals surface area (Å²) < 4.78 is 0. The molecule has 0 amide bonds. The van der Waals surface area contributed by atoms with Crippen LogP contribution in [0.25, 0.3) is 0 Å². The van der Waals surface area contributed by atoms with Crippen LogP contribution in [0.2, 0.25) is 0 Å². The first kappa shape index (κ1) is 11.2. The van der Waals surface area contributed by atoms with Crippen LogP contribution in [0.4, 0.5) is 0 Å². The molecule has 0 radical (unpaired) electrons. The maximum Gasteiger partial charge on any atom is 0.0169 e. The lowest BCUT2D eigenvalue weighted by atomic mass is 9.69. The average Bonchev–Trinajstić information content (AvgIpc) is 2.33. The Bertz CT molecular complexity index is 425. The zero-order valence-corrected chi connectivity index (χ0v) is 10.4. The highest BCUT2D eigenvalue weighted by Crippen LogP contribution is 2.38. The number of rotatable bonds is 2. The molecule has 2 unspecified atom stereocenters. The smallest absolute Gasteiger partial charge is 0.0169 e. The zero-order chi connectivity index (χ0) is 11.6. The van der Waals surface area contributed by atoms with Crippen molar-refractivity contribution >= 4 is 0 Å². The van der Waals surface area contributed by atoms with Crippen LogP contribution in [-0.2, 0) is 11.8 Å². The van der Waals surface area contributed by atoms with Crippen molar-refractivity contribution in [3.05, 3.63) is 59.7 Å². The van der Waals surface area contributed by atoms with E-state index in [0.717, 1.165) is 6.42 Å². The lowest BCUT2D eigenvalue weighted by Gasteiger charge is -2.35. The summed E-state index contributed by atoms with van der Waals surface area (Å²) in [5.74, 6) is 0.560. The number of allylic oxidation sites excluding steroid dienone is 4. The van der Waals surface area contributed by atoms with Crippen LogP contribution in [-0.4, -0.2) is 0 Å². The topological polar surface area (TPSA) is 0 Å². The Hall–Kier alpha value is -1.30. The minimum Gasteiger partial charge on any atom is -0.0805 e. The van der Waals surface area contributed by atoms with Gasteiger partial charge in [0, 0.05) is 5.41 Å². The Morgan fingerprint density at radius 1 is 1.19 bits per heavy atom. The molecule has 16 heavy (non-hydrogen) atoms. The van der Waals surface area contributed by atoms with Crippen LogP contribution < -0.4 is 0 Å². The summed E-state index contributed by atoms with van der Waals surface area (Å²) >= 11 is 0. The molecule has 1 aromatic rings. The third-order valence-electron chi connectivity index (χ3n) is 3.88. The monoisotopic (exact) mass is 212 g/mol. The predicted molar refractivity (Wildman–Crippen MR) is 70.6 cm³/mol. The fourth-order valence-electron chi connectivity index (χ4n) is 2.53. The molecule has 0 nitrogen and oxygen atoms in total. The van der Waals surface area contributed by atoms with E-state index in [2.05, 4.69) is 69.3 Å². The van der Waals surface area contributed by atoms with Gasteiger partial charge in [-0.2, -0.15) is 0 Å². The average molecular weight is 212 g/mol. The molecule has 0 aliphatic heterocycles. The largest absolute Gasteiger partial charge is 0.0805 e. The summed E-state index contributed by atoms with van der Waals surface area (Å²) in [6, 6.07) is 8.82. The Morgan fingerprint density at radius 3 is 2.62 bits per heavy atom. The van der Waals surface area contributed by atoms with Gasteiger partial charge in [-0.25, -0.2) is 0 Å². The van der Waals surface area contributed by atoms with Crippen LogP contribution in [0.1, 0.15) is 31.9 Å². The number of hydrogen-bond donors (Lipinski definition) is 0. The van der Waals surface area contributed by atoms with Gasteiger partial charge in [-0.1, -0.05) is 69.3 Å². The van der Waals surface area contributed by atoms with Crippen molar-refractivity contribution in [2.45, 2.75) is 32.6 Å². The lowest BCUT2D eigenvalue weighted by molar-refractivity contribution is 0.454. The number of aryl methyl sites for hydroxylation is 1. The maximum atomic E-state index is 2.34. The van der Waals surface area contributed by atoms with E-state index in [9.17, 15) is 0 Å². The highest BCUT2D eigenvalue weighted by Gasteiger charge is 2.31. The molecule has 2 rings (SSSR count). The van der Waals surface area contributed by atoms with Gasteiger partial charge < -0.3 is 0 Å². The Labute approximate surface area is 98.7 Å². The summed E-state index contributed by atoms with van der Waals surface area (Å²) in [7, 11) is 0. The van der Waals surface area contributed by atoms with Crippen LogP contribution in [0.3, 0.4) is 0 Å². The molecule has 0 heterocycles. The van der Waals surface area contributed by atoms with Crippen LogP contribution in [0, 0.1) is 5.92 Å². The van der Waals surface area contributed by atoms with E-state index >= 15 is 0 Å². The van der Waals surface area contributed by atoms with Gasteiger partial charge in [0.2, 0.25) is 0 Å². The first-order chi connectivity index (χ1) is 7.68. The molecule has 1 aliphatic carbocycles. The van der Waals surface area contributed by atoms with Crippen molar-refractivity contribution < 1.29 is 0 Å². The third kappa shape index (κ3) is 1.73. The van der Waals surface area contributed by atoms with E-state index in [1.807, 2.05) is 0 Å². The standard InChI is InChI=1S/C16H20/c1-4-14-10-5-6-11-15(14)16(3)12-8-7-9-13(16)2/h5-13H,4H2,1-3H3. The highest BCUT2D eigenvalue weighted by atomic mass is 14.3. The SMILES string of the molecule is CCc1ccccc1C1(C)C=CC=CC1C. The Kier molecular flexibility index (Phi) is 3.00. The van der Waals surface area contributed by atoms with Gasteiger partial charge in [0.15, 0.2) is 0 Å². The van der Waals surface area contributed by atoms with Crippen molar-refractivity contribution in [3.63, 3.8) is 0 Å². The molecular formula is C16H20. The van der Waals surface area contributed by atoms with E-state index in [0.29, 0.717) is 5.92 Å². The minimum absolute atomic E-state index is 0.154. The minimum atomic E-state index is 0.154. The molecule has 1 aliphatic rings. The van der Waals surface area contributed by atoms with E-state index in [4.69, 9.17) is 0 Å². The summed E-state index contributed by atoms with van der Waals surface area (Å²) in [5.41, 5.74) is 3.10. The van der Waals surface area contributed by atoms with Gasteiger partial charge in [-0.05, 0) is 23.5 Å². The van der Waals surface area contributed by atoms with E-state index in [1.165, 1.54) is 11.1 Å². The van der Waals surface area contributed by atoms with Crippen molar-refractivity contribution in [2.24, 2.45) is 5.92 Å². The lowest BCUT2D eigenvalue weighted by Crippen LogP contribution is -2.29. The molecule has 0 spiro atoms. The molecule has 0 heteroatoms. The van der Waals surface area contributed by atoms with Gasteiger partial charge in [0.05, 0.1) is 0 Å². The molecule has 84 valence electrons. The fraction of sp³-hybridized carbons (Fsp3) is 0.375. The highest BCUT2D eigenvalue weighted by molar-refractivity contribution is 5.41. The fourth-order valence-corrected chi connectivity index (χ4v) is 2.53. The second-order valence-corrected chi connectivity index (χ2v) is 4.83.